The molecule has 9 nitrogen and oxygen atoms in total. The third kappa shape index (κ3) is 3.63. The predicted molar refractivity (Wildman–Crippen MR) is 141 cm³/mol. The summed E-state index contributed by atoms with van der Waals surface area (Å²) in [5.41, 5.74) is 2.35. The Hall–Kier alpha value is -4.31. The predicted octanol–water partition coefficient (Wildman–Crippen LogP) is 4.39. The molecule has 3 heterocycles. The van der Waals surface area contributed by atoms with E-state index in [2.05, 4.69) is 21.2 Å². The number of nitro benzene ring substituents is 1. The van der Waals surface area contributed by atoms with Gasteiger partial charge in [-0.3, -0.25) is 24.5 Å². The van der Waals surface area contributed by atoms with Crippen molar-refractivity contribution in [3.05, 3.63) is 99.0 Å². The maximum atomic E-state index is 13.8. The number of hydrogen-bond acceptors (Lipinski definition) is 6. The molecule has 0 bridgehead atoms. The summed E-state index contributed by atoms with van der Waals surface area (Å²) in [4.78, 5) is 54.9. The number of imide groups is 1. The quantitative estimate of drug-likeness (QED) is 0.288. The zero-order valence-electron chi connectivity index (χ0n) is 19.2. The standard InChI is InChI=1S/C27H19BrN4O5/c28-16-5-3-6-19(14-16)30-26(34)22-21-13-8-15-4-1-2-7-20(15)31(21)24(23(22)27(30)35)25(33)29-17-9-11-18(12-10-17)32(36)37/h1-14,21-24H,(H,29,33)/t21-,22+,23+,24-/m0/s1. The molecule has 0 spiro atoms. The monoisotopic (exact) mass is 558 g/mol. The molecular formula is C27H19BrN4O5. The largest absolute Gasteiger partial charge is 0.351 e. The van der Waals surface area contributed by atoms with Crippen molar-refractivity contribution in [3.63, 3.8) is 0 Å². The van der Waals surface area contributed by atoms with Crippen molar-refractivity contribution >= 4 is 62.5 Å². The summed E-state index contributed by atoms with van der Waals surface area (Å²) in [6.45, 7) is 0. The van der Waals surface area contributed by atoms with Gasteiger partial charge in [0.15, 0.2) is 0 Å². The fourth-order valence-electron chi connectivity index (χ4n) is 5.57. The van der Waals surface area contributed by atoms with Gasteiger partial charge in [-0.2, -0.15) is 0 Å². The number of para-hydroxylation sites is 1. The van der Waals surface area contributed by atoms with Gasteiger partial charge in [-0.05, 0) is 42.0 Å². The first kappa shape index (κ1) is 23.1. The maximum absolute atomic E-state index is 13.8. The fraction of sp³-hybridized carbons (Fsp3) is 0.148. The number of non-ortho nitro benzene ring substituents is 1. The number of carbonyl (C=O) groups is 3. The lowest BCUT2D eigenvalue weighted by Gasteiger charge is -2.36. The Kier molecular flexibility index (Phi) is 5.41. The molecule has 6 rings (SSSR count). The number of carbonyl (C=O) groups excluding carboxylic acids is 3. The highest BCUT2D eigenvalue weighted by Crippen LogP contribution is 2.49. The molecule has 4 atom stereocenters. The molecule has 3 aromatic carbocycles. The number of anilines is 3. The van der Waals surface area contributed by atoms with Crippen LogP contribution in [0.2, 0.25) is 0 Å². The van der Waals surface area contributed by atoms with E-state index in [-0.39, 0.29) is 11.6 Å². The van der Waals surface area contributed by atoms with E-state index in [4.69, 9.17) is 0 Å². The van der Waals surface area contributed by atoms with Gasteiger partial charge < -0.3 is 10.2 Å². The Morgan fingerprint density at radius 1 is 0.946 bits per heavy atom. The minimum atomic E-state index is -0.968. The van der Waals surface area contributed by atoms with Crippen LogP contribution in [0.5, 0.6) is 0 Å². The third-order valence-corrected chi connectivity index (χ3v) is 7.59. The Morgan fingerprint density at radius 3 is 2.41 bits per heavy atom. The van der Waals surface area contributed by atoms with Crippen molar-refractivity contribution in [2.24, 2.45) is 11.8 Å². The zero-order valence-corrected chi connectivity index (χ0v) is 20.7. The summed E-state index contributed by atoms with van der Waals surface area (Å²) in [6, 6.07) is 18.5. The van der Waals surface area contributed by atoms with Crippen LogP contribution < -0.4 is 15.1 Å². The summed E-state index contributed by atoms with van der Waals surface area (Å²) < 4.78 is 0.725. The number of nitrogens with zero attached hydrogens (tertiary/aromatic N) is 3. The molecule has 2 fully saturated rings. The first-order valence-corrected chi connectivity index (χ1v) is 12.4. The molecule has 1 N–H and O–H groups in total. The number of benzene rings is 3. The molecule has 0 aromatic heterocycles. The van der Waals surface area contributed by atoms with Gasteiger partial charge in [-0.1, -0.05) is 52.3 Å². The number of halogens is 1. The Morgan fingerprint density at radius 2 is 1.68 bits per heavy atom. The number of amides is 3. The second-order valence-electron chi connectivity index (χ2n) is 9.10. The van der Waals surface area contributed by atoms with Crippen molar-refractivity contribution in [2.45, 2.75) is 12.1 Å². The molecule has 3 amide bonds. The topological polar surface area (TPSA) is 113 Å². The highest BCUT2D eigenvalue weighted by Gasteiger charge is 2.64. The summed E-state index contributed by atoms with van der Waals surface area (Å²) in [5.74, 6) is -2.90. The number of fused-ring (bicyclic) bond motifs is 5. The zero-order chi connectivity index (χ0) is 25.8. The van der Waals surface area contributed by atoms with Gasteiger partial charge in [0, 0.05) is 28.0 Å². The highest BCUT2D eigenvalue weighted by atomic mass is 79.9. The molecule has 37 heavy (non-hydrogen) atoms. The average Bonchev–Trinajstić information content (AvgIpc) is 3.37. The van der Waals surface area contributed by atoms with E-state index in [9.17, 15) is 24.5 Å². The molecule has 184 valence electrons. The molecule has 0 aliphatic carbocycles. The molecule has 10 heteroatoms. The van der Waals surface area contributed by atoms with Crippen LogP contribution in [-0.4, -0.2) is 34.7 Å². The molecular weight excluding hydrogens is 540 g/mol. The van der Waals surface area contributed by atoms with Crippen molar-refractivity contribution in [3.8, 4) is 0 Å². The van der Waals surface area contributed by atoms with E-state index in [0.29, 0.717) is 11.4 Å². The second-order valence-corrected chi connectivity index (χ2v) is 10.0. The summed E-state index contributed by atoms with van der Waals surface area (Å²) in [7, 11) is 0. The number of hydrogen-bond donors (Lipinski definition) is 1. The first-order chi connectivity index (χ1) is 17.8. The lowest BCUT2D eigenvalue weighted by Crippen LogP contribution is -2.50. The Bertz CT molecular complexity index is 1500. The normalized spacial score (nSPS) is 23.5. The van der Waals surface area contributed by atoms with Crippen LogP contribution in [-0.2, 0) is 14.4 Å². The minimum Gasteiger partial charge on any atom is -0.351 e. The number of nitrogens with one attached hydrogen (secondary N) is 1. The van der Waals surface area contributed by atoms with Gasteiger partial charge in [0.1, 0.15) is 6.04 Å². The van der Waals surface area contributed by atoms with Crippen LogP contribution in [0.25, 0.3) is 6.08 Å². The van der Waals surface area contributed by atoms with Gasteiger partial charge in [-0.25, -0.2) is 4.90 Å². The molecule has 0 radical (unpaired) electrons. The van der Waals surface area contributed by atoms with Crippen LogP contribution in [0.15, 0.2) is 83.3 Å². The molecule has 3 aromatic rings. The van der Waals surface area contributed by atoms with E-state index in [1.54, 1.807) is 24.3 Å². The molecule has 0 unspecified atom stereocenters. The lowest BCUT2D eigenvalue weighted by molar-refractivity contribution is -0.384. The lowest BCUT2D eigenvalue weighted by atomic mass is 9.88. The van der Waals surface area contributed by atoms with E-state index in [1.165, 1.54) is 29.2 Å². The maximum Gasteiger partial charge on any atom is 0.269 e. The van der Waals surface area contributed by atoms with Gasteiger partial charge >= 0.3 is 0 Å². The summed E-state index contributed by atoms with van der Waals surface area (Å²) >= 11 is 3.40. The van der Waals surface area contributed by atoms with Gasteiger partial charge in [-0.15, -0.1) is 0 Å². The van der Waals surface area contributed by atoms with E-state index in [0.717, 1.165) is 15.7 Å². The van der Waals surface area contributed by atoms with Crippen molar-refractivity contribution < 1.29 is 19.3 Å². The highest BCUT2D eigenvalue weighted by molar-refractivity contribution is 9.10. The van der Waals surface area contributed by atoms with Crippen molar-refractivity contribution in [1.82, 2.24) is 0 Å². The number of nitro groups is 1. The third-order valence-electron chi connectivity index (χ3n) is 7.10. The minimum absolute atomic E-state index is 0.102. The van der Waals surface area contributed by atoms with Crippen molar-refractivity contribution in [2.75, 3.05) is 15.1 Å². The van der Waals surface area contributed by atoms with E-state index in [1.807, 2.05) is 41.3 Å². The van der Waals surface area contributed by atoms with Gasteiger partial charge in [0.05, 0.1) is 28.5 Å². The molecule has 0 saturated carbocycles. The Balaban J connectivity index is 1.41. The SMILES string of the molecule is O=C(Nc1ccc([N+](=O)[O-])cc1)[C@@H]1[C@@H]2C(=O)N(c3cccc(Br)c3)C(=O)[C@@H]2[C@@H]2C=Cc3ccccc3N12. The second kappa shape index (κ2) is 8.67. The summed E-state index contributed by atoms with van der Waals surface area (Å²) in [5, 5.41) is 13.8. The number of rotatable bonds is 4. The van der Waals surface area contributed by atoms with Crippen LogP contribution in [0.3, 0.4) is 0 Å². The fourth-order valence-corrected chi connectivity index (χ4v) is 5.95. The van der Waals surface area contributed by atoms with Crippen LogP contribution in [0.4, 0.5) is 22.7 Å². The van der Waals surface area contributed by atoms with E-state index < -0.39 is 40.7 Å². The van der Waals surface area contributed by atoms with Crippen LogP contribution >= 0.6 is 15.9 Å². The van der Waals surface area contributed by atoms with Crippen LogP contribution in [0, 0.1) is 22.0 Å². The average molecular weight is 559 g/mol. The molecule has 3 aliphatic rings. The molecule has 3 aliphatic heterocycles. The van der Waals surface area contributed by atoms with Gasteiger partial charge in [0.25, 0.3) is 5.69 Å². The molecule has 2 saturated heterocycles. The Labute approximate surface area is 219 Å². The smallest absolute Gasteiger partial charge is 0.269 e. The van der Waals surface area contributed by atoms with Crippen molar-refractivity contribution in [1.29, 1.82) is 0 Å². The summed E-state index contributed by atoms with van der Waals surface area (Å²) in [6.07, 6.45) is 3.80. The first-order valence-electron chi connectivity index (χ1n) is 11.6. The van der Waals surface area contributed by atoms with E-state index >= 15 is 0 Å². The van der Waals surface area contributed by atoms with Crippen LogP contribution in [0.1, 0.15) is 5.56 Å². The van der Waals surface area contributed by atoms with Gasteiger partial charge in [0.2, 0.25) is 17.7 Å².